The highest BCUT2D eigenvalue weighted by molar-refractivity contribution is 6.34. The zero-order chi connectivity index (χ0) is 14.8. The molecular formula is C16H13ClFN3. The molecule has 0 aliphatic carbocycles. The van der Waals surface area contributed by atoms with E-state index in [1.807, 2.05) is 42.3 Å². The third-order valence-electron chi connectivity index (χ3n) is 3.29. The third kappa shape index (κ3) is 2.81. The average molecular weight is 302 g/mol. The molecule has 0 fully saturated rings. The molecule has 3 rings (SSSR count). The molecule has 0 saturated heterocycles. The lowest BCUT2D eigenvalue weighted by Crippen LogP contribution is -2.18. The molecule has 0 unspecified atom stereocenters. The summed E-state index contributed by atoms with van der Waals surface area (Å²) in [7, 11) is 1.90. The van der Waals surface area contributed by atoms with Crippen molar-refractivity contribution in [2.45, 2.75) is 6.54 Å². The van der Waals surface area contributed by atoms with Crippen LogP contribution in [0.15, 0.2) is 48.5 Å². The lowest BCUT2D eigenvalue weighted by atomic mass is 10.1. The number of halogens is 2. The maximum atomic E-state index is 13.3. The van der Waals surface area contributed by atoms with E-state index in [4.69, 9.17) is 11.6 Å². The van der Waals surface area contributed by atoms with Gasteiger partial charge in [-0.1, -0.05) is 48.0 Å². The SMILES string of the molecule is CN(Cc1cccc(F)c1)c1nnc(Cl)c2ccccc12. The molecule has 21 heavy (non-hydrogen) atoms. The minimum atomic E-state index is -0.243. The number of fused-ring (bicyclic) bond motifs is 1. The monoisotopic (exact) mass is 301 g/mol. The Morgan fingerprint density at radius 3 is 2.57 bits per heavy atom. The summed E-state index contributed by atoms with van der Waals surface area (Å²) in [6, 6.07) is 14.2. The number of hydrogen-bond acceptors (Lipinski definition) is 3. The van der Waals surface area contributed by atoms with Crippen molar-refractivity contribution in [2.24, 2.45) is 0 Å². The van der Waals surface area contributed by atoms with Crippen LogP contribution in [0.4, 0.5) is 10.2 Å². The maximum Gasteiger partial charge on any atom is 0.159 e. The van der Waals surface area contributed by atoms with E-state index in [9.17, 15) is 4.39 Å². The van der Waals surface area contributed by atoms with Crippen LogP contribution in [-0.4, -0.2) is 17.2 Å². The molecule has 0 N–H and O–H groups in total. The average Bonchev–Trinajstić information content (AvgIpc) is 2.48. The first-order chi connectivity index (χ1) is 10.1. The van der Waals surface area contributed by atoms with Gasteiger partial charge in [0.2, 0.25) is 0 Å². The van der Waals surface area contributed by atoms with E-state index < -0.39 is 0 Å². The van der Waals surface area contributed by atoms with Crippen molar-refractivity contribution >= 4 is 28.2 Å². The van der Waals surface area contributed by atoms with E-state index in [0.717, 1.165) is 22.2 Å². The molecule has 2 aromatic carbocycles. The van der Waals surface area contributed by atoms with Crippen LogP contribution in [-0.2, 0) is 6.54 Å². The number of aromatic nitrogens is 2. The maximum absolute atomic E-state index is 13.3. The van der Waals surface area contributed by atoms with Crippen molar-refractivity contribution in [3.8, 4) is 0 Å². The summed E-state index contributed by atoms with van der Waals surface area (Å²) in [5, 5.41) is 10.3. The van der Waals surface area contributed by atoms with Gasteiger partial charge >= 0.3 is 0 Å². The summed E-state index contributed by atoms with van der Waals surface area (Å²) in [6.45, 7) is 0.540. The van der Waals surface area contributed by atoms with Crippen molar-refractivity contribution in [3.05, 3.63) is 65.1 Å². The summed E-state index contributed by atoms with van der Waals surface area (Å²) in [6.07, 6.45) is 0. The van der Waals surface area contributed by atoms with Gasteiger partial charge in [-0.25, -0.2) is 4.39 Å². The number of rotatable bonds is 3. The van der Waals surface area contributed by atoms with Crippen molar-refractivity contribution in [1.29, 1.82) is 0 Å². The van der Waals surface area contributed by atoms with Crippen LogP contribution in [0.1, 0.15) is 5.56 Å². The van der Waals surface area contributed by atoms with Crippen LogP contribution in [0, 0.1) is 5.82 Å². The standard InChI is InChI=1S/C16H13ClFN3/c1-21(10-11-5-4-6-12(18)9-11)16-14-8-3-2-7-13(14)15(17)19-20-16/h2-9H,10H2,1H3. The van der Waals surface area contributed by atoms with E-state index in [-0.39, 0.29) is 5.82 Å². The van der Waals surface area contributed by atoms with Gasteiger partial charge in [-0.05, 0) is 17.7 Å². The lowest BCUT2D eigenvalue weighted by molar-refractivity contribution is 0.625. The number of benzene rings is 2. The molecule has 0 bridgehead atoms. The second kappa shape index (κ2) is 5.66. The zero-order valence-electron chi connectivity index (χ0n) is 11.4. The Balaban J connectivity index is 1.98. The molecular weight excluding hydrogens is 289 g/mol. The summed E-state index contributed by atoms with van der Waals surface area (Å²) in [5.74, 6) is 0.479. The number of hydrogen-bond donors (Lipinski definition) is 0. The van der Waals surface area contributed by atoms with E-state index >= 15 is 0 Å². The highest BCUT2D eigenvalue weighted by Crippen LogP contribution is 2.28. The van der Waals surface area contributed by atoms with Crippen molar-refractivity contribution in [3.63, 3.8) is 0 Å². The Morgan fingerprint density at radius 1 is 1.05 bits per heavy atom. The van der Waals surface area contributed by atoms with Gasteiger partial charge in [0.1, 0.15) is 5.82 Å². The van der Waals surface area contributed by atoms with Crippen molar-refractivity contribution in [2.75, 3.05) is 11.9 Å². The Morgan fingerprint density at radius 2 is 1.81 bits per heavy atom. The summed E-state index contributed by atoms with van der Waals surface area (Å²) < 4.78 is 13.3. The van der Waals surface area contributed by atoms with Gasteiger partial charge in [0.05, 0.1) is 0 Å². The predicted molar refractivity (Wildman–Crippen MR) is 83.1 cm³/mol. The Hall–Kier alpha value is -2.20. The van der Waals surface area contributed by atoms with Gasteiger partial charge in [-0.3, -0.25) is 0 Å². The van der Waals surface area contributed by atoms with Crippen LogP contribution in [0.2, 0.25) is 5.15 Å². The molecule has 5 heteroatoms. The fourth-order valence-corrected chi connectivity index (χ4v) is 2.53. The highest BCUT2D eigenvalue weighted by Gasteiger charge is 2.11. The van der Waals surface area contributed by atoms with Gasteiger partial charge in [0, 0.05) is 24.4 Å². The van der Waals surface area contributed by atoms with E-state index in [1.165, 1.54) is 12.1 Å². The predicted octanol–water partition coefficient (Wildman–Crippen LogP) is 4.06. The minimum Gasteiger partial charge on any atom is -0.353 e. The molecule has 0 amide bonds. The summed E-state index contributed by atoms with van der Waals surface area (Å²) in [5.41, 5.74) is 0.873. The Kier molecular flexibility index (Phi) is 3.71. The van der Waals surface area contributed by atoms with Crippen LogP contribution in [0.25, 0.3) is 10.8 Å². The van der Waals surface area contributed by atoms with Gasteiger partial charge in [0.25, 0.3) is 0 Å². The Labute approximate surface area is 127 Å². The lowest BCUT2D eigenvalue weighted by Gasteiger charge is -2.19. The molecule has 0 atom stereocenters. The van der Waals surface area contributed by atoms with E-state index in [1.54, 1.807) is 6.07 Å². The van der Waals surface area contributed by atoms with Gasteiger partial charge in [-0.2, -0.15) is 0 Å². The summed E-state index contributed by atoms with van der Waals surface area (Å²) in [4.78, 5) is 1.93. The molecule has 0 aliphatic rings. The van der Waals surface area contributed by atoms with Crippen LogP contribution in [0.5, 0.6) is 0 Å². The molecule has 0 spiro atoms. The Bertz CT molecular complexity index is 791. The fraction of sp³-hybridized carbons (Fsp3) is 0.125. The first-order valence-corrected chi connectivity index (χ1v) is 6.89. The normalized spacial score (nSPS) is 10.8. The minimum absolute atomic E-state index is 0.243. The van der Waals surface area contributed by atoms with Crippen LogP contribution >= 0.6 is 11.6 Å². The molecule has 3 nitrogen and oxygen atoms in total. The molecule has 3 aromatic rings. The van der Waals surface area contributed by atoms with Crippen LogP contribution in [0.3, 0.4) is 0 Å². The second-order valence-corrected chi connectivity index (χ2v) is 5.20. The smallest absolute Gasteiger partial charge is 0.159 e. The summed E-state index contributed by atoms with van der Waals surface area (Å²) >= 11 is 6.07. The highest BCUT2D eigenvalue weighted by atomic mass is 35.5. The fourth-order valence-electron chi connectivity index (χ4n) is 2.32. The number of nitrogens with zero attached hydrogens (tertiary/aromatic N) is 3. The molecule has 0 aliphatic heterocycles. The largest absolute Gasteiger partial charge is 0.353 e. The topological polar surface area (TPSA) is 29.0 Å². The molecule has 0 radical (unpaired) electrons. The molecule has 1 aromatic heterocycles. The first kappa shape index (κ1) is 13.8. The van der Waals surface area contributed by atoms with Gasteiger partial charge in [0.15, 0.2) is 11.0 Å². The van der Waals surface area contributed by atoms with E-state index in [0.29, 0.717) is 11.7 Å². The molecule has 106 valence electrons. The molecule has 1 heterocycles. The quantitative estimate of drug-likeness (QED) is 0.730. The second-order valence-electron chi connectivity index (χ2n) is 4.85. The third-order valence-corrected chi connectivity index (χ3v) is 3.57. The molecule has 0 saturated carbocycles. The van der Waals surface area contributed by atoms with Crippen molar-refractivity contribution in [1.82, 2.24) is 10.2 Å². The van der Waals surface area contributed by atoms with Crippen LogP contribution < -0.4 is 4.90 Å². The zero-order valence-corrected chi connectivity index (χ0v) is 12.2. The van der Waals surface area contributed by atoms with Gasteiger partial charge in [-0.15, -0.1) is 10.2 Å². The van der Waals surface area contributed by atoms with E-state index in [2.05, 4.69) is 10.2 Å². The number of anilines is 1. The van der Waals surface area contributed by atoms with Crippen molar-refractivity contribution < 1.29 is 4.39 Å². The van der Waals surface area contributed by atoms with Gasteiger partial charge < -0.3 is 4.90 Å². The first-order valence-electron chi connectivity index (χ1n) is 6.51.